The minimum atomic E-state index is -1.18. The number of aliphatic hydroxyl groups is 1. The van der Waals surface area contributed by atoms with Crippen LogP contribution >= 0.6 is 11.8 Å². The Bertz CT molecular complexity index is 513. The highest BCUT2D eigenvalue weighted by molar-refractivity contribution is 7.98. The number of nitrogens with two attached hydrogens (primary N) is 5. The molecule has 15 N–H and O–H groups in total. The Morgan fingerprint density at radius 2 is 1.22 bits per heavy atom. The first-order valence-corrected chi connectivity index (χ1v) is 10.8. The SMILES string of the molecule is CSCC[C@H](N)C(=O)O.C[C@@H](O)[C@H](N)C(=O)O.NCC(=O)O.NCCCC[C@H](N)C(=O)O. The third kappa shape index (κ3) is 32.6. The van der Waals surface area contributed by atoms with Gasteiger partial charge in [-0.1, -0.05) is 6.42 Å². The second kappa shape index (κ2) is 25.3. The molecule has 0 aliphatic rings. The van der Waals surface area contributed by atoms with E-state index in [-0.39, 0.29) is 6.54 Å². The Hall–Kier alpha value is -2.01. The van der Waals surface area contributed by atoms with Gasteiger partial charge in [-0.15, -0.1) is 0 Å². The van der Waals surface area contributed by atoms with Gasteiger partial charge in [0.25, 0.3) is 0 Å². The number of carboxylic acids is 4. The summed E-state index contributed by atoms with van der Waals surface area (Å²) in [6.07, 6.45) is 3.66. The van der Waals surface area contributed by atoms with Crippen LogP contribution in [0.15, 0.2) is 0 Å². The smallest absolute Gasteiger partial charge is 0.323 e. The molecule has 0 heterocycles. The average molecular weight is 490 g/mol. The van der Waals surface area contributed by atoms with Crippen LogP contribution in [-0.4, -0.2) is 98.7 Å². The normalized spacial score (nSPS) is 13.2. The minimum Gasteiger partial charge on any atom is -0.480 e. The summed E-state index contributed by atoms with van der Waals surface area (Å²) in [5.74, 6) is -3.18. The van der Waals surface area contributed by atoms with Gasteiger partial charge in [0.15, 0.2) is 0 Å². The van der Waals surface area contributed by atoms with Gasteiger partial charge in [0.1, 0.15) is 18.1 Å². The van der Waals surface area contributed by atoms with Gasteiger partial charge in [0.2, 0.25) is 0 Å². The number of rotatable bonds is 12. The van der Waals surface area contributed by atoms with E-state index in [0.717, 1.165) is 18.6 Å². The number of carbonyl (C=O) groups is 4. The highest BCUT2D eigenvalue weighted by atomic mass is 32.2. The topological polar surface area (TPSA) is 300 Å². The molecule has 0 aliphatic heterocycles. The summed E-state index contributed by atoms with van der Waals surface area (Å²) in [5, 5.41) is 40.7. The standard InChI is InChI=1S/C6H14N2O2.C5H11NO2S.C4H9NO3.C2H5NO2/c7-4-2-1-3-5(8)6(9)10;1-9-3-2-4(6)5(7)8;1-2(6)3(5)4(7)8;3-1-2(4)5/h5H,1-4,7-8H2,(H,9,10);4H,2-3,6H2,1H3,(H,7,8);2-3,6H,5H2,1H3,(H,7,8);1,3H2,(H,4,5)/t5-;4-;2-,3+;/m001./s1. The first kappa shape index (κ1) is 37.3. The van der Waals surface area contributed by atoms with E-state index in [4.69, 9.17) is 48.5 Å². The fraction of sp³-hybridized carbons (Fsp3) is 0.765. The molecule has 0 aromatic carbocycles. The van der Waals surface area contributed by atoms with Gasteiger partial charge in [-0.05, 0) is 44.7 Å². The molecule has 32 heavy (non-hydrogen) atoms. The van der Waals surface area contributed by atoms with Crippen LogP contribution in [0.4, 0.5) is 0 Å². The molecule has 0 amide bonds. The van der Waals surface area contributed by atoms with E-state index < -0.39 is 48.1 Å². The van der Waals surface area contributed by atoms with Gasteiger partial charge in [0.05, 0.1) is 12.6 Å². The molecule has 0 unspecified atom stereocenters. The molecular formula is C17H39N5O9S. The number of hydrogen-bond donors (Lipinski definition) is 10. The van der Waals surface area contributed by atoms with Gasteiger partial charge in [-0.3, -0.25) is 19.2 Å². The maximum absolute atomic E-state index is 10.1. The van der Waals surface area contributed by atoms with E-state index in [1.807, 2.05) is 6.26 Å². The van der Waals surface area contributed by atoms with E-state index >= 15 is 0 Å². The van der Waals surface area contributed by atoms with E-state index in [1.165, 1.54) is 6.92 Å². The van der Waals surface area contributed by atoms with Crippen molar-refractivity contribution >= 4 is 35.6 Å². The third-order valence-electron chi connectivity index (χ3n) is 3.22. The van der Waals surface area contributed by atoms with Crippen molar-refractivity contribution in [3.05, 3.63) is 0 Å². The molecule has 0 aromatic heterocycles. The summed E-state index contributed by atoms with van der Waals surface area (Å²) in [4.78, 5) is 39.3. The molecule has 0 fully saturated rings. The molecule has 15 heteroatoms. The summed E-state index contributed by atoms with van der Waals surface area (Å²) in [6, 6.07) is -2.56. The molecule has 0 spiro atoms. The van der Waals surface area contributed by atoms with Crippen LogP contribution in [-0.2, 0) is 19.2 Å². The summed E-state index contributed by atoms with van der Waals surface area (Å²) in [7, 11) is 0. The maximum atomic E-state index is 10.1. The average Bonchev–Trinajstić information content (AvgIpc) is 2.72. The lowest BCUT2D eigenvalue weighted by molar-refractivity contribution is -0.141. The highest BCUT2D eigenvalue weighted by Crippen LogP contribution is 1.98. The number of carboxylic acid groups (broad SMARTS) is 4. The van der Waals surface area contributed by atoms with Crippen LogP contribution < -0.4 is 28.7 Å². The number of thioether (sulfide) groups is 1. The molecule has 4 atom stereocenters. The van der Waals surface area contributed by atoms with Crippen molar-refractivity contribution in [2.75, 3.05) is 25.1 Å². The van der Waals surface area contributed by atoms with Gasteiger partial charge < -0.3 is 54.2 Å². The molecule has 0 aliphatic carbocycles. The van der Waals surface area contributed by atoms with Gasteiger partial charge in [-0.2, -0.15) is 11.8 Å². The van der Waals surface area contributed by atoms with Gasteiger partial charge in [0, 0.05) is 0 Å². The molecule has 0 aromatic rings. The van der Waals surface area contributed by atoms with Crippen LogP contribution in [0.5, 0.6) is 0 Å². The first-order valence-electron chi connectivity index (χ1n) is 9.43. The van der Waals surface area contributed by atoms with Crippen LogP contribution in [0.2, 0.25) is 0 Å². The third-order valence-corrected chi connectivity index (χ3v) is 3.86. The second-order valence-electron chi connectivity index (χ2n) is 6.16. The zero-order chi connectivity index (χ0) is 26.3. The molecule has 0 saturated heterocycles. The maximum Gasteiger partial charge on any atom is 0.323 e. The molecule has 0 bridgehead atoms. The van der Waals surface area contributed by atoms with Crippen molar-refractivity contribution in [1.82, 2.24) is 0 Å². The van der Waals surface area contributed by atoms with Crippen molar-refractivity contribution in [1.29, 1.82) is 0 Å². The van der Waals surface area contributed by atoms with E-state index in [1.54, 1.807) is 11.8 Å². The molecule has 192 valence electrons. The van der Waals surface area contributed by atoms with Crippen molar-refractivity contribution in [2.45, 2.75) is 56.8 Å². The highest BCUT2D eigenvalue weighted by Gasteiger charge is 2.16. The zero-order valence-corrected chi connectivity index (χ0v) is 19.2. The predicted molar refractivity (Wildman–Crippen MR) is 121 cm³/mol. The summed E-state index contributed by atoms with van der Waals surface area (Å²) in [5.41, 5.74) is 25.1. The van der Waals surface area contributed by atoms with Crippen molar-refractivity contribution in [3.8, 4) is 0 Å². The van der Waals surface area contributed by atoms with Crippen LogP contribution in [0.25, 0.3) is 0 Å². The summed E-state index contributed by atoms with van der Waals surface area (Å²) in [6.45, 7) is 1.66. The summed E-state index contributed by atoms with van der Waals surface area (Å²) >= 11 is 1.60. The lowest BCUT2D eigenvalue weighted by atomic mass is 10.1. The van der Waals surface area contributed by atoms with Crippen molar-refractivity contribution in [3.63, 3.8) is 0 Å². The number of unbranched alkanes of at least 4 members (excludes halogenated alkanes) is 1. The van der Waals surface area contributed by atoms with E-state index in [0.29, 0.717) is 19.4 Å². The molecule has 0 saturated carbocycles. The van der Waals surface area contributed by atoms with Crippen LogP contribution in [0, 0.1) is 0 Å². The van der Waals surface area contributed by atoms with Crippen molar-refractivity contribution in [2.24, 2.45) is 28.7 Å². The predicted octanol–water partition coefficient (Wildman–Crippen LogP) is -2.51. The lowest BCUT2D eigenvalue weighted by Crippen LogP contribution is -2.39. The largest absolute Gasteiger partial charge is 0.480 e. The van der Waals surface area contributed by atoms with Crippen LogP contribution in [0.3, 0.4) is 0 Å². The number of aliphatic hydroxyl groups excluding tert-OH is 1. The quantitative estimate of drug-likeness (QED) is 0.126. The molecular weight excluding hydrogens is 450 g/mol. The van der Waals surface area contributed by atoms with Gasteiger partial charge in [-0.25, -0.2) is 0 Å². The number of hydrogen-bond acceptors (Lipinski definition) is 11. The van der Waals surface area contributed by atoms with Crippen molar-refractivity contribution < 1.29 is 44.7 Å². The summed E-state index contributed by atoms with van der Waals surface area (Å²) < 4.78 is 0. The zero-order valence-electron chi connectivity index (χ0n) is 18.4. The Labute approximate surface area is 191 Å². The fourth-order valence-corrected chi connectivity index (χ4v) is 1.70. The minimum absolute atomic E-state index is 0.278. The van der Waals surface area contributed by atoms with Gasteiger partial charge >= 0.3 is 23.9 Å². The first-order chi connectivity index (χ1) is 14.7. The Morgan fingerprint density at radius 1 is 0.812 bits per heavy atom. The number of aliphatic carboxylic acids is 4. The molecule has 0 rings (SSSR count). The molecule has 14 nitrogen and oxygen atoms in total. The second-order valence-corrected chi connectivity index (χ2v) is 7.14. The Morgan fingerprint density at radius 3 is 1.44 bits per heavy atom. The Balaban J connectivity index is -0.000000168. The van der Waals surface area contributed by atoms with E-state index in [9.17, 15) is 19.2 Å². The van der Waals surface area contributed by atoms with E-state index in [2.05, 4.69) is 5.73 Å². The monoisotopic (exact) mass is 489 g/mol. The Kier molecular flexibility index (Phi) is 29.4. The van der Waals surface area contributed by atoms with Crippen LogP contribution in [0.1, 0.15) is 32.6 Å². The fourth-order valence-electron chi connectivity index (χ4n) is 1.21. The molecule has 0 radical (unpaired) electrons. The lowest BCUT2D eigenvalue weighted by Gasteiger charge is -2.06.